The zero-order valence-corrected chi connectivity index (χ0v) is 23.2. The first kappa shape index (κ1) is 26.1. The molecule has 43 heavy (non-hydrogen) atoms. The van der Waals surface area contributed by atoms with E-state index in [1.54, 1.807) is 0 Å². The summed E-state index contributed by atoms with van der Waals surface area (Å²) in [4.78, 5) is 23.1. The molecule has 0 aliphatic carbocycles. The Morgan fingerprint density at radius 1 is 0.558 bits per heavy atom. The van der Waals surface area contributed by atoms with E-state index in [1.165, 1.54) is 6.33 Å². The summed E-state index contributed by atoms with van der Waals surface area (Å²) in [5.74, 6) is 0.358. The zero-order valence-electron chi connectivity index (χ0n) is 23.2. The second-order valence-corrected chi connectivity index (χ2v) is 10.3. The molecule has 0 bridgehead atoms. The van der Waals surface area contributed by atoms with Crippen LogP contribution in [-0.4, -0.2) is 15.9 Å². The third kappa shape index (κ3) is 5.20. The Morgan fingerprint density at radius 3 is 1.63 bits per heavy atom. The van der Waals surface area contributed by atoms with Crippen LogP contribution in [-0.2, 0) is 4.79 Å². The number of benzene rings is 5. The number of rotatable bonds is 7. The van der Waals surface area contributed by atoms with Gasteiger partial charge in [-0.15, -0.1) is 0 Å². The van der Waals surface area contributed by atoms with Crippen molar-refractivity contribution in [2.24, 2.45) is 0 Å². The van der Waals surface area contributed by atoms with Crippen LogP contribution in [0.4, 0.5) is 5.82 Å². The Kier molecular flexibility index (Phi) is 7.04. The van der Waals surface area contributed by atoms with E-state index in [-0.39, 0.29) is 5.91 Å². The standard InChI is InChI=1S/C38H27N3O2/c42-37(32(28-15-7-2-8-16-28)29-17-9-3-10-18-29)41-36-34-33(30-19-11-4-12-20-30)35(43-38(34)40-25-39-36)31-23-21-27(22-24-31)26-13-5-1-6-14-26/h1-25,32H,(H,39,40,41,42). The fraction of sp³-hybridized carbons (Fsp3) is 0.0263. The molecule has 206 valence electrons. The number of nitrogens with zero attached hydrogens (tertiary/aromatic N) is 2. The minimum atomic E-state index is -0.524. The molecule has 0 aliphatic rings. The van der Waals surface area contributed by atoms with Crippen molar-refractivity contribution in [3.63, 3.8) is 0 Å². The molecule has 0 saturated heterocycles. The van der Waals surface area contributed by atoms with Gasteiger partial charge >= 0.3 is 0 Å². The van der Waals surface area contributed by atoms with Gasteiger partial charge in [0.1, 0.15) is 17.9 Å². The van der Waals surface area contributed by atoms with Crippen LogP contribution in [0.15, 0.2) is 156 Å². The predicted octanol–water partition coefficient (Wildman–Crippen LogP) is 8.99. The monoisotopic (exact) mass is 557 g/mol. The van der Waals surface area contributed by atoms with Crippen molar-refractivity contribution in [2.45, 2.75) is 5.92 Å². The van der Waals surface area contributed by atoms with Gasteiger partial charge in [0.2, 0.25) is 11.6 Å². The molecule has 0 unspecified atom stereocenters. The van der Waals surface area contributed by atoms with Gasteiger partial charge in [0.05, 0.1) is 11.3 Å². The average Bonchev–Trinajstić information content (AvgIpc) is 3.48. The Hall–Kier alpha value is -5.81. The summed E-state index contributed by atoms with van der Waals surface area (Å²) in [5.41, 5.74) is 7.12. The fourth-order valence-electron chi connectivity index (χ4n) is 5.53. The minimum Gasteiger partial charge on any atom is -0.437 e. The summed E-state index contributed by atoms with van der Waals surface area (Å²) in [5, 5.41) is 3.79. The number of furan rings is 1. The number of fused-ring (bicyclic) bond motifs is 1. The van der Waals surface area contributed by atoms with Crippen molar-refractivity contribution in [2.75, 3.05) is 5.32 Å². The smallest absolute Gasteiger partial charge is 0.237 e. The van der Waals surface area contributed by atoms with Crippen LogP contribution in [0.2, 0.25) is 0 Å². The van der Waals surface area contributed by atoms with Crippen LogP contribution < -0.4 is 5.32 Å². The van der Waals surface area contributed by atoms with Gasteiger partial charge < -0.3 is 9.73 Å². The molecule has 5 heteroatoms. The fourth-order valence-corrected chi connectivity index (χ4v) is 5.53. The van der Waals surface area contributed by atoms with Gasteiger partial charge in [0.25, 0.3) is 0 Å². The summed E-state index contributed by atoms with van der Waals surface area (Å²) in [6, 6.07) is 48.1. The maximum atomic E-state index is 14.1. The Morgan fingerprint density at radius 2 is 1.05 bits per heavy atom. The van der Waals surface area contributed by atoms with Crippen molar-refractivity contribution in [3.8, 4) is 33.6 Å². The maximum absolute atomic E-state index is 14.1. The number of aromatic nitrogens is 2. The Bertz CT molecular complexity index is 1950. The van der Waals surface area contributed by atoms with Crippen LogP contribution in [0.25, 0.3) is 44.7 Å². The highest BCUT2D eigenvalue weighted by Gasteiger charge is 2.27. The number of carbonyl (C=O) groups is 1. The first-order chi connectivity index (χ1) is 21.3. The number of anilines is 1. The van der Waals surface area contributed by atoms with E-state index in [4.69, 9.17) is 4.42 Å². The van der Waals surface area contributed by atoms with E-state index in [0.717, 1.165) is 38.9 Å². The minimum absolute atomic E-state index is 0.189. The van der Waals surface area contributed by atoms with E-state index < -0.39 is 5.92 Å². The molecule has 1 N–H and O–H groups in total. The molecule has 2 aromatic heterocycles. The molecule has 0 radical (unpaired) electrons. The van der Waals surface area contributed by atoms with Crippen LogP contribution in [0.5, 0.6) is 0 Å². The van der Waals surface area contributed by atoms with Gasteiger partial charge in [-0.2, -0.15) is 0 Å². The lowest BCUT2D eigenvalue weighted by Gasteiger charge is -2.18. The Balaban J connectivity index is 1.34. The lowest BCUT2D eigenvalue weighted by molar-refractivity contribution is -0.116. The SMILES string of the molecule is O=C(Nc1ncnc2oc(-c3ccc(-c4ccccc4)cc3)c(-c3ccccc3)c12)C(c1ccccc1)c1ccccc1. The lowest BCUT2D eigenvalue weighted by Crippen LogP contribution is -2.23. The van der Waals surface area contributed by atoms with Crippen molar-refractivity contribution in [3.05, 3.63) is 163 Å². The molecule has 0 aliphatic heterocycles. The quantitative estimate of drug-likeness (QED) is 0.212. The molecule has 0 atom stereocenters. The van der Waals surface area contributed by atoms with Gasteiger partial charge in [0, 0.05) is 11.1 Å². The molecule has 5 aromatic carbocycles. The highest BCUT2D eigenvalue weighted by atomic mass is 16.3. The second kappa shape index (κ2) is 11.6. The normalized spacial score (nSPS) is 11.1. The topological polar surface area (TPSA) is 68.0 Å². The highest BCUT2D eigenvalue weighted by molar-refractivity contribution is 6.10. The maximum Gasteiger partial charge on any atom is 0.237 e. The third-order valence-corrected chi connectivity index (χ3v) is 7.57. The van der Waals surface area contributed by atoms with Crippen molar-refractivity contribution in [1.29, 1.82) is 0 Å². The summed E-state index contributed by atoms with van der Waals surface area (Å²) < 4.78 is 6.43. The number of hydrogen-bond acceptors (Lipinski definition) is 4. The first-order valence-electron chi connectivity index (χ1n) is 14.2. The summed E-state index contributed by atoms with van der Waals surface area (Å²) in [6.45, 7) is 0. The second-order valence-electron chi connectivity index (χ2n) is 10.3. The largest absolute Gasteiger partial charge is 0.437 e. The number of carbonyl (C=O) groups excluding carboxylic acids is 1. The van der Waals surface area contributed by atoms with Crippen molar-refractivity contribution in [1.82, 2.24) is 9.97 Å². The van der Waals surface area contributed by atoms with E-state index >= 15 is 0 Å². The predicted molar refractivity (Wildman–Crippen MR) is 171 cm³/mol. The molecule has 0 spiro atoms. The number of hydrogen-bond donors (Lipinski definition) is 1. The van der Waals surface area contributed by atoms with Crippen LogP contribution in [0.3, 0.4) is 0 Å². The van der Waals surface area contributed by atoms with E-state index in [1.807, 2.05) is 109 Å². The summed E-state index contributed by atoms with van der Waals surface area (Å²) in [6.07, 6.45) is 1.43. The summed E-state index contributed by atoms with van der Waals surface area (Å²) >= 11 is 0. The molecular weight excluding hydrogens is 530 g/mol. The van der Waals surface area contributed by atoms with Gasteiger partial charge in [-0.05, 0) is 27.8 Å². The van der Waals surface area contributed by atoms with Gasteiger partial charge in [0.15, 0.2) is 0 Å². The highest BCUT2D eigenvalue weighted by Crippen LogP contribution is 2.43. The average molecular weight is 558 g/mol. The molecule has 7 aromatic rings. The zero-order chi connectivity index (χ0) is 29.0. The number of amides is 1. The van der Waals surface area contributed by atoms with Gasteiger partial charge in [-0.3, -0.25) is 4.79 Å². The lowest BCUT2D eigenvalue weighted by atomic mass is 9.90. The van der Waals surface area contributed by atoms with Crippen molar-refractivity contribution >= 4 is 22.8 Å². The molecule has 5 nitrogen and oxygen atoms in total. The van der Waals surface area contributed by atoms with Crippen molar-refractivity contribution < 1.29 is 9.21 Å². The van der Waals surface area contributed by atoms with E-state index in [2.05, 4.69) is 51.7 Å². The first-order valence-corrected chi connectivity index (χ1v) is 14.2. The van der Waals surface area contributed by atoms with Crippen LogP contribution in [0, 0.1) is 0 Å². The van der Waals surface area contributed by atoms with Gasteiger partial charge in [-0.25, -0.2) is 9.97 Å². The molecule has 0 saturated carbocycles. The summed E-state index contributed by atoms with van der Waals surface area (Å²) in [7, 11) is 0. The molecule has 2 heterocycles. The van der Waals surface area contributed by atoms with Gasteiger partial charge in [-0.1, -0.05) is 146 Å². The third-order valence-electron chi connectivity index (χ3n) is 7.57. The van der Waals surface area contributed by atoms with E-state index in [0.29, 0.717) is 22.7 Å². The molecule has 1 amide bonds. The Labute approximate surface area is 249 Å². The molecular formula is C38H27N3O2. The van der Waals surface area contributed by atoms with Crippen LogP contribution >= 0.6 is 0 Å². The molecule has 7 rings (SSSR count). The van der Waals surface area contributed by atoms with E-state index in [9.17, 15) is 4.79 Å². The molecule has 0 fully saturated rings. The number of nitrogens with one attached hydrogen (secondary N) is 1. The van der Waals surface area contributed by atoms with Crippen LogP contribution in [0.1, 0.15) is 17.0 Å².